The zero-order chi connectivity index (χ0) is 17.9. The Labute approximate surface area is 160 Å². The fraction of sp³-hybridized carbons (Fsp3) is 0.158. The molecule has 7 heteroatoms. The van der Waals surface area contributed by atoms with E-state index >= 15 is 0 Å². The number of hydrogen-bond donors (Lipinski definition) is 1. The third-order valence-electron chi connectivity index (χ3n) is 3.99. The third kappa shape index (κ3) is 3.40. The van der Waals surface area contributed by atoms with Crippen LogP contribution in [0.3, 0.4) is 0 Å². The summed E-state index contributed by atoms with van der Waals surface area (Å²) in [6.07, 6.45) is 5.38. The number of pyridine rings is 1. The monoisotopic (exact) mass is 379 g/mol. The van der Waals surface area contributed by atoms with E-state index in [2.05, 4.69) is 56.4 Å². The van der Waals surface area contributed by atoms with Gasteiger partial charge in [-0.15, -0.1) is 11.3 Å². The quantitative estimate of drug-likeness (QED) is 0.507. The number of nitrogens with zero attached hydrogens (tertiary/aromatic N) is 4. The largest absolute Gasteiger partial charge is 0.356 e. The Balaban J connectivity index is 1.80. The number of aromatic nitrogens is 4. The molecule has 0 saturated carbocycles. The molecule has 0 radical (unpaired) electrons. The normalized spacial score (nSPS) is 12.2. The van der Waals surface area contributed by atoms with Crippen molar-refractivity contribution in [3.63, 3.8) is 0 Å². The van der Waals surface area contributed by atoms with Crippen LogP contribution in [0.4, 0.5) is 5.82 Å². The van der Waals surface area contributed by atoms with E-state index in [-0.39, 0.29) is 6.04 Å². The van der Waals surface area contributed by atoms with E-state index in [1.54, 1.807) is 29.4 Å². The summed E-state index contributed by atoms with van der Waals surface area (Å²) in [7, 11) is 0. The first kappa shape index (κ1) is 16.9. The minimum atomic E-state index is -0.103. The van der Waals surface area contributed by atoms with Gasteiger partial charge in [0.25, 0.3) is 0 Å². The molecule has 0 aliphatic heterocycles. The fourth-order valence-electron chi connectivity index (χ4n) is 2.79. The van der Waals surface area contributed by atoms with Gasteiger partial charge in [0.2, 0.25) is 0 Å². The number of nitrogens with one attached hydrogen (secondary N) is 1. The van der Waals surface area contributed by atoms with Crippen LogP contribution in [0.5, 0.6) is 0 Å². The molecule has 1 N–H and O–H groups in total. The van der Waals surface area contributed by atoms with E-state index in [1.165, 1.54) is 5.56 Å². The molecule has 0 bridgehead atoms. The molecule has 0 spiro atoms. The van der Waals surface area contributed by atoms with Crippen LogP contribution in [0, 0.1) is 6.92 Å². The summed E-state index contributed by atoms with van der Waals surface area (Å²) in [6, 6.07) is 14.3. The van der Waals surface area contributed by atoms with Crippen molar-refractivity contribution in [3.05, 3.63) is 71.8 Å². The highest BCUT2D eigenvalue weighted by atomic mass is 32.2. The third-order valence-corrected chi connectivity index (χ3v) is 6.02. The number of rotatable bonds is 5. The van der Waals surface area contributed by atoms with E-state index in [0.29, 0.717) is 0 Å². The highest BCUT2D eigenvalue weighted by Crippen LogP contribution is 2.33. The second-order valence-electron chi connectivity index (χ2n) is 5.80. The zero-order valence-corrected chi connectivity index (χ0v) is 16.0. The van der Waals surface area contributed by atoms with Crippen LogP contribution in [0.25, 0.3) is 10.3 Å². The Morgan fingerprint density at radius 3 is 2.77 bits per heavy atom. The lowest BCUT2D eigenvalue weighted by molar-refractivity contribution is 0.878. The van der Waals surface area contributed by atoms with Crippen molar-refractivity contribution >= 4 is 39.3 Å². The average molecular weight is 380 g/mol. The van der Waals surface area contributed by atoms with Crippen LogP contribution in [0.2, 0.25) is 0 Å². The summed E-state index contributed by atoms with van der Waals surface area (Å²) in [5.74, 6) is 0.782. The van der Waals surface area contributed by atoms with Gasteiger partial charge >= 0.3 is 0 Å². The Hall–Kier alpha value is -2.51. The molecule has 0 saturated heterocycles. The Kier molecular flexibility index (Phi) is 4.81. The maximum Gasteiger partial charge on any atom is 0.176 e. The van der Waals surface area contributed by atoms with Gasteiger partial charge in [-0.3, -0.25) is 4.98 Å². The summed E-state index contributed by atoms with van der Waals surface area (Å²) < 4.78 is 1.94. The summed E-state index contributed by atoms with van der Waals surface area (Å²) in [5, 5.41) is 3.57. The molecular formula is C19H17N5S2. The maximum absolute atomic E-state index is 4.56. The van der Waals surface area contributed by atoms with Crippen LogP contribution in [-0.4, -0.2) is 26.2 Å². The molecule has 0 aliphatic rings. The number of hydrogen-bond acceptors (Lipinski definition) is 7. The highest BCUT2D eigenvalue weighted by molar-refractivity contribution is 8.00. The molecule has 1 atom stereocenters. The predicted molar refractivity (Wildman–Crippen MR) is 108 cm³/mol. The molecule has 130 valence electrons. The van der Waals surface area contributed by atoms with Crippen molar-refractivity contribution in [2.24, 2.45) is 0 Å². The molecule has 4 aromatic rings. The van der Waals surface area contributed by atoms with Gasteiger partial charge in [0, 0.05) is 6.20 Å². The summed E-state index contributed by atoms with van der Waals surface area (Å²) in [6.45, 7) is 2.09. The predicted octanol–water partition coefficient (Wildman–Crippen LogP) is 4.71. The molecule has 26 heavy (non-hydrogen) atoms. The molecule has 4 rings (SSSR count). The smallest absolute Gasteiger partial charge is 0.176 e. The SMILES string of the molecule is CSc1nc2ncnc(NC(c3cccc(C)c3)c3ccccn3)c2s1. The molecule has 1 unspecified atom stereocenters. The highest BCUT2D eigenvalue weighted by Gasteiger charge is 2.19. The number of thiazole rings is 1. The zero-order valence-electron chi connectivity index (χ0n) is 14.4. The summed E-state index contributed by atoms with van der Waals surface area (Å²) in [5.41, 5.74) is 4.02. The second kappa shape index (κ2) is 7.39. The van der Waals surface area contributed by atoms with Crippen molar-refractivity contribution in [1.29, 1.82) is 0 Å². The van der Waals surface area contributed by atoms with Crippen molar-refractivity contribution in [2.45, 2.75) is 17.3 Å². The van der Waals surface area contributed by atoms with Crippen LogP contribution in [-0.2, 0) is 0 Å². The van der Waals surface area contributed by atoms with E-state index in [9.17, 15) is 0 Å². The Morgan fingerprint density at radius 1 is 1.08 bits per heavy atom. The lowest BCUT2D eigenvalue weighted by atomic mass is 10.0. The van der Waals surface area contributed by atoms with Crippen LogP contribution >= 0.6 is 23.1 Å². The molecule has 0 fully saturated rings. The molecule has 3 heterocycles. The second-order valence-corrected chi connectivity index (χ2v) is 7.86. The molecule has 5 nitrogen and oxygen atoms in total. The van der Waals surface area contributed by atoms with E-state index in [1.807, 2.05) is 30.7 Å². The minimum absolute atomic E-state index is 0.103. The van der Waals surface area contributed by atoms with Gasteiger partial charge in [-0.05, 0) is 30.9 Å². The molecule has 0 aliphatic carbocycles. The fourth-order valence-corrected chi connectivity index (χ4v) is 4.25. The van der Waals surface area contributed by atoms with Crippen LogP contribution < -0.4 is 5.32 Å². The average Bonchev–Trinajstić information content (AvgIpc) is 3.11. The van der Waals surface area contributed by atoms with Gasteiger partial charge < -0.3 is 5.32 Å². The number of thioether (sulfide) groups is 1. The van der Waals surface area contributed by atoms with Crippen LogP contribution in [0.1, 0.15) is 22.9 Å². The van der Waals surface area contributed by atoms with Gasteiger partial charge in [0.05, 0.1) is 11.7 Å². The first-order valence-corrected chi connectivity index (χ1v) is 10.2. The number of fused-ring (bicyclic) bond motifs is 1. The van der Waals surface area contributed by atoms with E-state index < -0.39 is 0 Å². The van der Waals surface area contributed by atoms with E-state index in [4.69, 9.17) is 0 Å². The van der Waals surface area contributed by atoms with Gasteiger partial charge in [-0.1, -0.05) is 47.7 Å². The lowest BCUT2D eigenvalue weighted by Crippen LogP contribution is -2.15. The number of aryl methyl sites for hydroxylation is 1. The molecule has 3 aromatic heterocycles. The van der Waals surface area contributed by atoms with Gasteiger partial charge in [-0.2, -0.15) is 0 Å². The first-order chi connectivity index (χ1) is 12.7. The minimum Gasteiger partial charge on any atom is -0.356 e. The van der Waals surface area contributed by atoms with Crippen LogP contribution in [0.15, 0.2) is 59.3 Å². The first-order valence-electron chi connectivity index (χ1n) is 8.14. The lowest BCUT2D eigenvalue weighted by Gasteiger charge is -2.20. The number of benzene rings is 1. The summed E-state index contributed by atoms with van der Waals surface area (Å²) >= 11 is 3.22. The maximum atomic E-state index is 4.56. The van der Waals surface area contributed by atoms with Gasteiger partial charge in [-0.25, -0.2) is 15.0 Å². The Bertz CT molecular complexity index is 1030. The molecule has 1 aromatic carbocycles. The Morgan fingerprint density at radius 2 is 2.00 bits per heavy atom. The summed E-state index contributed by atoms with van der Waals surface area (Å²) in [4.78, 5) is 17.9. The van der Waals surface area contributed by atoms with Gasteiger partial charge in [0.15, 0.2) is 9.99 Å². The van der Waals surface area contributed by atoms with Gasteiger partial charge in [0.1, 0.15) is 16.8 Å². The van der Waals surface area contributed by atoms with Crippen molar-refractivity contribution in [3.8, 4) is 0 Å². The van der Waals surface area contributed by atoms with Crippen molar-refractivity contribution in [1.82, 2.24) is 19.9 Å². The van der Waals surface area contributed by atoms with E-state index in [0.717, 1.165) is 31.8 Å². The van der Waals surface area contributed by atoms with Crippen molar-refractivity contribution < 1.29 is 0 Å². The molecular weight excluding hydrogens is 362 g/mol. The van der Waals surface area contributed by atoms with Crippen molar-refractivity contribution in [2.75, 3.05) is 11.6 Å². The topological polar surface area (TPSA) is 63.6 Å². The standard InChI is InChI=1S/C19H17N5S2/c1-12-6-5-7-13(10-12)15(14-8-3-4-9-20-14)23-17-16-18(22-11-21-17)24-19(25-2)26-16/h3-11,15H,1-2H3,(H,21,22,23). The molecule has 0 amide bonds. The number of anilines is 1.